The van der Waals surface area contributed by atoms with Gasteiger partial charge in [-0.15, -0.1) is 25.3 Å². The zero-order valence-electron chi connectivity index (χ0n) is 34.6. The summed E-state index contributed by atoms with van der Waals surface area (Å²) in [6, 6.07) is 23.3. The monoisotopic (exact) mass is 867 g/mol. The lowest BCUT2D eigenvalue weighted by Gasteiger charge is -2.29. The molecule has 0 fully saturated rings. The predicted molar refractivity (Wildman–Crippen MR) is 232 cm³/mol. The Balaban J connectivity index is 1.70. The summed E-state index contributed by atoms with van der Waals surface area (Å²) in [5, 5.41) is 11.9. The van der Waals surface area contributed by atoms with Crippen LogP contribution in [0.5, 0.6) is 0 Å². The van der Waals surface area contributed by atoms with E-state index in [1.807, 2.05) is 43.3 Å². The van der Waals surface area contributed by atoms with E-state index in [4.69, 9.17) is 19.4 Å². The first-order valence-corrected chi connectivity index (χ1v) is 20.0. The van der Waals surface area contributed by atoms with Crippen LogP contribution in [0, 0.1) is 0 Å². The molecule has 2 amide bonds. The lowest BCUT2D eigenvalue weighted by atomic mass is 9.94. The minimum atomic E-state index is -0.901. The molecule has 17 heteroatoms. The minimum absolute atomic E-state index is 0.0566. The molecule has 0 spiro atoms. The van der Waals surface area contributed by atoms with Crippen LogP contribution < -0.4 is 0 Å². The number of oxime groups is 2. The van der Waals surface area contributed by atoms with Crippen LogP contribution >= 0.6 is 25.3 Å². The number of carbonyl (C=O) groups is 6. The molecular formula is C44H45N5O10S2. The minimum Gasteiger partial charge on any atom is -0.341 e. The standard InChI is InChI=1S/C44H45N5O10S2/c1-8-47-41-19-13-33(39(45-56-27(4)52)23-43(31-9-15-35(60)16-10-31)48(25(2)50)58-29(6)54)21-37(41)38-22-34(14-20-42(38)47)40(46-57-28(5)53)24-44(32-11-17-36(61)18-12-32)49(26(3)51)59-30(7)55/h9-22,43-44,60-61H,8,23-24H2,1-7H3/b45-39+,46-40+. The SMILES string of the molecule is CCn1c2ccc(/C(CC(c3ccc(S)cc3)N(OC(C)=O)C(C)=O)=N/OC(C)=O)cc2c2cc(/C(CC(c3ccc(S)cc3)N(OC(C)=O)C(C)=O)=N/OC(C)=O)ccc21. The average molecular weight is 868 g/mol. The maximum absolute atomic E-state index is 13.0. The van der Waals surface area contributed by atoms with E-state index in [9.17, 15) is 28.8 Å². The molecule has 1 heterocycles. The van der Waals surface area contributed by atoms with Crippen molar-refractivity contribution in [2.75, 3.05) is 0 Å². The van der Waals surface area contributed by atoms with Gasteiger partial charge in [-0.3, -0.25) is 19.2 Å². The number of hydroxylamine groups is 4. The van der Waals surface area contributed by atoms with E-state index in [1.54, 1.807) is 48.5 Å². The third kappa shape index (κ3) is 11.4. The Morgan fingerprint density at radius 3 is 1.21 bits per heavy atom. The van der Waals surface area contributed by atoms with Gasteiger partial charge in [0.2, 0.25) is 0 Å². The Kier molecular flexibility index (Phi) is 15.1. The summed E-state index contributed by atoms with van der Waals surface area (Å²) in [5.74, 6) is -3.89. The Morgan fingerprint density at radius 1 is 0.557 bits per heavy atom. The Bertz CT molecular complexity index is 2380. The first-order valence-electron chi connectivity index (χ1n) is 19.1. The molecule has 0 radical (unpaired) electrons. The summed E-state index contributed by atoms with van der Waals surface area (Å²) in [5.41, 5.74) is 4.43. The average Bonchev–Trinajstić information content (AvgIpc) is 3.52. The van der Waals surface area contributed by atoms with E-state index in [2.05, 4.69) is 40.1 Å². The second-order valence-electron chi connectivity index (χ2n) is 13.9. The summed E-state index contributed by atoms with van der Waals surface area (Å²) in [6.45, 7) is 9.90. The molecule has 2 atom stereocenters. The van der Waals surface area contributed by atoms with Crippen LogP contribution in [-0.4, -0.2) is 61.8 Å². The molecular weight excluding hydrogens is 823 g/mol. The fourth-order valence-corrected chi connectivity index (χ4v) is 7.16. The number of benzene rings is 4. The van der Waals surface area contributed by atoms with E-state index in [0.717, 1.165) is 31.9 Å². The van der Waals surface area contributed by atoms with Crippen molar-refractivity contribution in [1.29, 1.82) is 0 Å². The third-order valence-corrected chi connectivity index (χ3v) is 9.98. The number of rotatable bonds is 13. The van der Waals surface area contributed by atoms with Crippen molar-refractivity contribution in [3.05, 3.63) is 107 Å². The second kappa shape index (κ2) is 20.2. The number of aromatic nitrogens is 1. The molecule has 0 aliphatic heterocycles. The van der Waals surface area contributed by atoms with Gasteiger partial charge < -0.3 is 23.9 Å². The van der Waals surface area contributed by atoms with Gasteiger partial charge in [0, 0.05) is 104 Å². The Labute approximate surface area is 362 Å². The van der Waals surface area contributed by atoms with Gasteiger partial charge in [-0.1, -0.05) is 46.7 Å². The summed E-state index contributed by atoms with van der Waals surface area (Å²) in [4.78, 5) is 97.2. The van der Waals surface area contributed by atoms with Crippen LogP contribution in [0.2, 0.25) is 0 Å². The number of amides is 2. The van der Waals surface area contributed by atoms with Crippen molar-refractivity contribution in [2.45, 2.75) is 89.7 Å². The van der Waals surface area contributed by atoms with Crippen LogP contribution in [0.3, 0.4) is 0 Å². The van der Waals surface area contributed by atoms with Crippen molar-refractivity contribution in [1.82, 2.24) is 14.7 Å². The maximum Gasteiger partial charge on any atom is 0.331 e. The number of thiol groups is 2. The molecule has 5 aromatic rings. The fraction of sp³-hybridized carbons (Fsp3) is 0.273. The molecule has 0 saturated heterocycles. The second-order valence-corrected chi connectivity index (χ2v) is 15.0. The molecule has 15 nitrogen and oxygen atoms in total. The third-order valence-electron chi connectivity index (χ3n) is 9.39. The summed E-state index contributed by atoms with van der Waals surface area (Å²) in [6.07, 6.45) is -0.113. The molecule has 0 aliphatic carbocycles. The highest BCUT2D eigenvalue weighted by molar-refractivity contribution is 7.80. The molecule has 2 unspecified atom stereocenters. The van der Waals surface area contributed by atoms with Gasteiger partial charge in [-0.05, 0) is 66.6 Å². The lowest BCUT2D eigenvalue weighted by Crippen LogP contribution is -2.36. The van der Waals surface area contributed by atoms with Crippen LogP contribution in [-0.2, 0) is 54.7 Å². The van der Waals surface area contributed by atoms with Gasteiger partial charge in [0.15, 0.2) is 0 Å². The molecule has 0 bridgehead atoms. The van der Waals surface area contributed by atoms with Gasteiger partial charge in [0.1, 0.15) is 12.1 Å². The molecule has 0 N–H and O–H groups in total. The van der Waals surface area contributed by atoms with Crippen molar-refractivity contribution in [3.63, 3.8) is 0 Å². The van der Waals surface area contributed by atoms with Crippen molar-refractivity contribution in [2.24, 2.45) is 10.3 Å². The predicted octanol–water partition coefficient (Wildman–Crippen LogP) is 7.84. The van der Waals surface area contributed by atoms with Gasteiger partial charge in [-0.2, -0.15) is 10.1 Å². The number of hydrogen-bond acceptors (Lipinski definition) is 14. The molecule has 0 aliphatic rings. The number of carbonyl (C=O) groups excluding carboxylic acids is 6. The van der Waals surface area contributed by atoms with Crippen molar-refractivity contribution >= 4 is 94.2 Å². The Hall–Kier alpha value is -6.46. The van der Waals surface area contributed by atoms with Crippen molar-refractivity contribution < 1.29 is 48.1 Å². The number of aryl methyl sites for hydroxylation is 1. The Morgan fingerprint density at radius 2 is 0.918 bits per heavy atom. The van der Waals surface area contributed by atoms with Crippen LogP contribution in [0.15, 0.2) is 105 Å². The molecule has 1 aromatic heterocycles. The largest absolute Gasteiger partial charge is 0.341 e. The van der Waals surface area contributed by atoms with E-state index in [0.29, 0.717) is 38.6 Å². The molecule has 4 aromatic carbocycles. The highest BCUT2D eigenvalue weighted by Crippen LogP contribution is 2.35. The maximum atomic E-state index is 13.0. The van der Waals surface area contributed by atoms with Crippen LogP contribution in [0.4, 0.5) is 0 Å². The van der Waals surface area contributed by atoms with Crippen LogP contribution in [0.1, 0.15) is 95.6 Å². The lowest BCUT2D eigenvalue weighted by molar-refractivity contribution is -0.204. The highest BCUT2D eigenvalue weighted by Gasteiger charge is 2.31. The number of fused-ring (bicyclic) bond motifs is 3. The summed E-state index contributed by atoms with van der Waals surface area (Å²) >= 11 is 8.79. The highest BCUT2D eigenvalue weighted by atomic mass is 32.1. The smallest absolute Gasteiger partial charge is 0.331 e. The van der Waals surface area contributed by atoms with E-state index < -0.39 is 47.8 Å². The number of nitrogens with zero attached hydrogens (tertiary/aromatic N) is 5. The zero-order valence-corrected chi connectivity index (χ0v) is 36.4. The zero-order chi connectivity index (χ0) is 44.5. The van der Waals surface area contributed by atoms with E-state index >= 15 is 0 Å². The molecule has 61 heavy (non-hydrogen) atoms. The van der Waals surface area contributed by atoms with Crippen LogP contribution in [0.25, 0.3) is 21.8 Å². The van der Waals surface area contributed by atoms with Gasteiger partial charge in [0.05, 0.1) is 11.4 Å². The quantitative estimate of drug-likeness (QED) is 0.0513. The number of hydrogen-bond donors (Lipinski definition) is 2. The molecule has 318 valence electrons. The molecule has 0 saturated carbocycles. The first-order chi connectivity index (χ1) is 29.0. The topological polar surface area (TPSA) is 175 Å². The van der Waals surface area contributed by atoms with Gasteiger partial charge in [-0.25, -0.2) is 9.59 Å². The molecule has 5 rings (SSSR count). The first kappa shape index (κ1) is 45.6. The summed E-state index contributed by atoms with van der Waals surface area (Å²) < 4.78 is 2.10. The van der Waals surface area contributed by atoms with Gasteiger partial charge in [0.25, 0.3) is 11.8 Å². The van der Waals surface area contributed by atoms with E-state index in [1.165, 1.54) is 41.5 Å². The van der Waals surface area contributed by atoms with E-state index in [-0.39, 0.29) is 24.3 Å². The van der Waals surface area contributed by atoms with Gasteiger partial charge >= 0.3 is 23.9 Å². The normalized spacial score (nSPS) is 12.7. The van der Waals surface area contributed by atoms with Crippen molar-refractivity contribution in [3.8, 4) is 0 Å². The summed E-state index contributed by atoms with van der Waals surface area (Å²) in [7, 11) is 0. The fourth-order valence-electron chi connectivity index (χ4n) is 6.86.